The number of piperidine rings is 1. The van der Waals surface area contributed by atoms with E-state index in [-0.39, 0.29) is 29.3 Å². The molecule has 2 rings (SSSR count). The number of hydrogen-bond donors (Lipinski definition) is 2. The van der Waals surface area contributed by atoms with Crippen molar-refractivity contribution in [1.82, 2.24) is 9.62 Å². The maximum Gasteiger partial charge on any atom is 0.243 e. The number of nitrogens with zero attached hydrogens (tertiary/aromatic N) is 1. The van der Waals surface area contributed by atoms with Crippen LogP contribution in [0.3, 0.4) is 0 Å². The lowest BCUT2D eigenvalue weighted by atomic mass is 10.0. The Morgan fingerprint density at radius 1 is 1.31 bits per heavy atom. The molecule has 1 aromatic rings. The summed E-state index contributed by atoms with van der Waals surface area (Å²) < 4.78 is 27.3. The van der Waals surface area contributed by atoms with Crippen LogP contribution < -0.4 is 11.1 Å². The molecular weight excluding hydrogens is 374 g/mol. The van der Waals surface area contributed by atoms with Gasteiger partial charge in [-0.1, -0.05) is 44.4 Å². The fourth-order valence-corrected chi connectivity index (χ4v) is 4.86. The molecule has 2 atom stereocenters. The van der Waals surface area contributed by atoms with Crippen LogP contribution in [0.15, 0.2) is 35.2 Å². The molecule has 0 bridgehead atoms. The van der Waals surface area contributed by atoms with Crippen molar-refractivity contribution in [3.63, 3.8) is 0 Å². The Labute approximate surface area is 163 Å². The first kappa shape index (κ1) is 22.9. The van der Waals surface area contributed by atoms with Gasteiger partial charge in [0.15, 0.2) is 0 Å². The Hall–Kier alpha value is -1.15. The van der Waals surface area contributed by atoms with Gasteiger partial charge in [-0.3, -0.25) is 4.79 Å². The molecule has 1 heterocycles. The first-order valence-corrected chi connectivity index (χ1v) is 10.5. The number of rotatable bonds is 8. The van der Waals surface area contributed by atoms with Crippen LogP contribution in [0.1, 0.15) is 45.4 Å². The molecular formula is C18H30ClN3O3S. The first-order valence-electron chi connectivity index (χ1n) is 9.08. The Morgan fingerprint density at radius 2 is 2.00 bits per heavy atom. The number of carbonyl (C=O) groups is 1. The summed E-state index contributed by atoms with van der Waals surface area (Å²) in [4.78, 5) is 13.0. The van der Waals surface area contributed by atoms with E-state index in [2.05, 4.69) is 12.2 Å². The van der Waals surface area contributed by atoms with E-state index in [1.54, 1.807) is 30.3 Å². The molecule has 148 valence electrons. The van der Waals surface area contributed by atoms with Crippen LogP contribution in [-0.4, -0.2) is 43.8 Å². The van der Waals surface area contributed by atoms with Gasteiger partial charge in [0.2, 0.25) is 15.9 Å². The largest absolute Gasteiger partial charge is 0.351 e. The normalized spacial score (nSPS) is 19.4. The van der Waals surface area contributed by atoms with Crippen LogP contribution in [0, 0.1) is 0 Å². The molecule has 1 fully saturated rings. The van der Waals surface area contributed by atoms with Crippen molar-refractivity contribution in [2.45, 2.75) is 62.4 Å². The highest BCUT2D eigenvalue weighted by Gasteiger charge is 2.37. The van der Waals surface area contributed by atoms with Crippen LogP contribution in [0.4, 0.5) is 0 Å². The third-order valence-corrected chi connectivity index (χ3v) is 6.57. The molecule has 2 unspecified atom stereocenters. The Morgan fingerprint density at radius 3 is 2.62 bits per heavy atom. The van der Waals surface area contributed by atoms with Crippen LogP contribution in [0.25, 0.3) is 0 Å². The van der Waals surface area contributed by atoms with Gasteiger partial charge < -0.3 is 11.1 Å². The van der Waals surface area contributed by atoms with Gasteiger partial charge in [-0.15, -0.1) is 12.4 Å². The van der Waals surface area contributed by atoms with Gasteiger partial charge in [0.25, 0.3) is 0 Å². The lowest BCUT2D eigenvalue weighted by Crippen LogP contribution is -2.54. The second kappa shape index (κ2) is 10.9. The quantitative estimate of drug-likeness (QED) is 0.696. The maximum atomic E-state index is 13.0. The summed E-state index contributed by atoms with van der Waals surface area (Å²) >= 11 is 0. The van der Waals surface area contributed by atoms with E-state index in [9.17, 15) is 13.2 Å². The SMILES string of the molecule is CCCCC(CN)NC(=O)C1CCCCN1S(=O)(=O)c1ccccc1.Cl. The molecule has 0 saturated carbocycles. The lowest BCUT2D eigenvalue weighted by Gasteiger charge is -2.34. The molecule has 0 radical (unpaired) electrons. The Bertz CT molecular complexity index is 655. The summed E-state index contributed by atoms with van der Waals surface area (Å²) in [6.45, 7) is 2.83. The van der Waals surface area contributed by atoms with E-state index in [0.29, 0.717) is 19.5 Å². The van der Waals surface area contributed by atoms with Crippen LogP contribution in [0.2, 0.25) is 0 Å². The third kappa shape index (κ3) is 5.67. The smallest absolute Gasteiger partial charge is 0.243 e. The number of carbonyl (C=O) groups excluding carboxylic acids is 1. The fraction of sp³-hybridized carbons (Fsp3) is 0.611. The Kier molecular flexibility index (Phi) is 9.57. The average molecular weight is 404 g/mol. The molecule has 0 aromatic heterocycles. The topological polar surface area (TPSA) is 92.5 Å². The lowest BCUT2D eigenvalue weighted by molar-refractivity contribution is -0.126. The van der Waals surface area contributed by atoms with Gasteiger partial charge >= 0.3 is 0 Å². The molecule has 1 amide bonds. The van der Waals surface area contributed by atoms with Crippen molar-refractivity contribution in [1.29, 1.82) is 0 Å². The summed E-state index contributed by atoms with van der Waals surface area (Å²) in [5, 5.41) is 2.95. The van der Waals surface area contributed by atoms with Crippen molar-refractivity contribution >= 4 is 28.3 Å². The van der Waals surface area contributed by atoms with E-state index in [1.807, 2.05) is 0 Å². The minimum Gasteiger partial charge on any atom is -0.351 e. The number of benzene rings is 1. The summed E-state index contributed by atoms with van der Waals surface area (Å²) in [6, 6.07) is 7.55. The molecule has 1 aliphatic heterocycles. The minimum atomic E-state index is -3.67. The number of hydrogen-bond acceptors (Lipinski definition) is 4. The number of unbranched alkanes of at least 4 members (excludes halogenated alkanes) is 1. The maximum absolute atomic E-state index is 13.0. The van der Waals surface area contributed by atoms with Crippen LogP contribution in [0.5, 0.6) is 0 Å². The highest BCUT2D eigenvalue weighted by Crippen LogP contribution is 2.25. The number of halogens is 1. The fourth-order valence-electron chi connectivity index (χ4n) is 3.18. The molecule has 1 aliphatic rings. The molecule has 6 nitrogen and oxygen atoms in total. The standard InChI is InChI=1S/C18H29N3O3S.ClH/c1-2-3-9-15(14-19)20-18(22)17-12-7-8-13-21(17)25(23,24)16-10-5-4-6-11-16;/h4-6,10-11,15,17H,2-3,7-9,12-14,19H2,1H3,(H,20,22);1H. The van der Waals surface area contributed by atoms with Crippen molar-refractivity contribution in [3.05, 3.63) is 30.3 Å². The number of sulfonamides is 1. The van der Waals surface area contributed by atoms with E-state index in [4.69, 9.17) is 5.73 Å². The van der Waals surface area contributed by atoms with Crippen molar-refractivity contribution < 1.29 is 13.2 Å². The zero-order valence-corrected chi connectivity index (χ0v) is 16.9. The summed E-state index contributed by atoms with van der Waals surface area (Å²) in [6.07, 6.45) is 5.00. The number of amides is 1. The highest BCUT2D eigenvalue weighted by atomic mass is 35.5. The molecule has 3 N–H and O–H groups in total. The monoisotopic (exact) mass is 403 g/mol. The molecule has 1 aromatic carbocycles. The average Bonchev–Trinajstić information content (AvgIpc) is 2.65. The van der Waals surface area contributed by atoms with E-state index in [1.165, 1.54) is 4.31 Å². The van der Waals surface area contributed by atoms with E-state index in [0.717, 1.165) is 32.1 Å². The van der Waals surface area contributed by atoms with Crippen molar-refractivity contribution in [2.24, 2.45) is 5.73 Å². The molecule has 26 heavy (non-hydrogen) atoms. The summed E-state index contributed by atoms with van der Waals surface area (Å²) in [5.41, 5.74) is 5.76. The van der Waals surface area contributed by atoms with Crippen molar-refractivity contribution in [2.75, 3.05) is 13.1 Å². The molecule has 8 heteroatoms. The summed E-state index contributed by atoms with van der Waals surface area (Å²) in [7, 11) is -3.67. The Balaban J connectivity index is 0.00000338. The zero-order chi connectivity index (χ0) is 18.3. The van der Waals surface area contributed by atoms with Gasteiger partial charge in [-0.2, -0.15) is 4.31 Å². The zero-order valence-electron chi connectivity index (χ0n) is 15.3. The second-order valence-corrected chi connectivity index (χ2v) is 8.41. The molecule has 0 spiro atoms. The van der Waals surface area contributed by atoms with Gasteiger partial charge in [0.1, 0.15) is 6.04 Å². The van der Waals surface area contributed by atoms with Gasteiger partial charge in [0.05, 0.1) is 4.90 Å². The van der Waals surface area contributed by atoms with Crippen LogP contribution >= 0.6 is 12.4 Å². The second-order valence-electron chi connectivity index (χ2n) is 6.52. The number of nitrogens with two attached hydrogens (primary N) is 1. The predicted octanol–water partition coefficient (Wildman–Crippen LogP) is 2.29. The minimum absolute atomic E-state index is 0. The molecule has 0 aliphatic carbocycles. The third-order valence-electron chi connectivity index (χ3n) is 4.64. The highest BCUT2D eigenvalue weighted by molar-refractivity contribution is 7.89. The first-order chi connectivity index (χ1) is 12.0. The van der Waals surface area contributed by atoms with E-state index >= 15 is 0 Å². The van der Waals surface area contributed by atoms with Gasteiger partial charge in [-0.05, 0) is 31.4 Å². The van der Waals surface area contributed by atoms with Gasteiger partial charge in [-0.25, -0.2) is 8.42 Å². The van der Waals surface area contributed by atoms with Crippen LogP contribution in [-0.2, 0) is 14.8 Å². The van der Waals surface area contributed by atoms with Gasteiger partial charge in [0, 0.05) is 19.1 Å². The predicted molar refractivity (Wildman–Crippen MR) is 106 cm³/mol. The van der Waals surface area contributed by atoms with Crippen molar-refractivity contribution in [3.8, 4) is 0 Å². The summed E-state index contributed by atoms with van der Waals surface area (Å²) in [5.74, 6) is -0.231. The molecule has 1 saturated heterocycles. The number of nitrogens with one attached hydrogen (secondary N) is 1. The van der Waals surface area contributed by atoms with E-state index < -0.39 is 16.1 Å².